The summed E-state index contributed by atoms with van der Waals surface area (Å²) in [4.78, 5) is 21.4. The maximum absolute atomic E-state index is 12.9. The minimum Gasteiger partial charge on any atom is -0.340 e. The van der Waals surface area contributed by atoms with Gasteiger partial charge in [-0.25, -0.2) is 4.98 Å². The Labute approximate surface area is 153 Å². The first-order valence-electron chi connectivity index (χ1n) is 8.96. The number of carbonyl (C=O) groups excluding carboxylic acids is 1. The van der Waals surface area contributed by atoms with Crippen molar-refractivity contribution in [1.29, 1.82) is 0 Å². The van der Waals surface area contributed by atoms with Gasteiger partial charge in [0, 0.05) is 38.8 Å². The number of benzene rings is 2. The van der Waals surface area contributed by atoms with Gasteiger partial charge >= 0.3 is 0 Å². The molecular formula is C21H24N4O. The lowest BCUT2D eigenvalue weighted by atomic mass is 9.94. The van der Waals surface area contributed by atoms with E-state index in [1.807, 2.05) is 41.8 Å². The highest BCUT2D eigenvalue weighted by Crippen LogP contribution is 2.23. The van der Waals surface area contributed by atoms with Gasteiger partial charge in [-0.05, 0) is 42.8 Å². The molecule has 2 heterocycles. The molecule has 0 bridgehead atoms. The van der Waals surface area contributed by atoms with Crippen LogP contribution in [0.5, 0.6) is 0 Å². The Balaban J connectivity index is 1.50. The van der Waals surface area contributed by atoms with Crippen LogP contribution in [0.1, 0.15) is 21.5 Å². The van der Waals surface area contributed by atoms with Gasteiger partial charge in [-0.1, -0.05) is 24.3 Å². The number of carbonyl (C=O) groups is 1. The van der Waals surface area contributed by atoms with E-state index in [1.165, 1.54) is 11.1 Å². The zero-order chi connectivity index (χ0) is 18.3. The third-order valence-corrected chi connectivity index (χ3v) is 5.42. The molecule has 134 valence electrons. The number of aromatic nitrogens is 2. The molecule has 0 radical (unpaired) electrons. The van der Waals surface area contributed by atoms with E-state index in [0.29, 0.717) is 18.2 Å². The van der Waals surface area contributed by atoms with Crippen molar-refractivity contribution >= 4 is 16.9 Å². The molecule has 0 N–H and O–H groups in total. The number of amides is 1. The molecule has 1 aliphatic rings. The highest BCUT2D eigenvalue weighted by Gasteiger charge is 2.26. The molecule has 0 fully saturated rings. The second kappa shape index (κ2) is 6.57. The number of imidazole rings is 1. The molecular weight excluding hydrogens is 324 g/mol. The molecule has 1 aromatic heterocycles. The Morgan fingerprint density at radius 1 is 1.19 bits per heavy atom. The van der Waals surface area contributed by atoms with Crippen molar-refractivity contribution in [3.05, 3.63) is 65.5 Å². The van der Waals surface area contributed by atoms with Crippen molar-refractivity contribution in [3.8, 4) is 0 Å². The Morgan fingerprint density at radius 3 is 2.77 bits per heavy atom. The molecule has 0 aliphatic carbocycles. The lowest BCUT2D eigenvalue weighted by Gasteiger charge is -2.36. The highest BCUT2D eigenvalue weighted by atomic mass is 16.2. The quantitative estimate of drug-likeness (QED) is 0.731. The van der Waals surface area contributed by atoms with E-state index in [9.17, 15) is 4.79 Å². The van der Waals surface area contributed by atoms with Crippen molar-refractivity contribution < 1.29 is 4.79 Å². The molecule has 5 nitrogen and oxygen atoms in total. The summed E-state index contributed by atoms with van der Waals surface area (Å²) in [6.45, 7) is 1.65. The number of hydrogen-bond donors (Lipinski definition) is 0. The van der Waals surface area contributed by atoms with E-state index in [-0.39, 0.29) is 5.91 Å². The monoisotopic (exact) mass is 348 g/mol. The molecule has 0 saturated carbocycles. The maximum Gasteiger partial charge on any atom is 0.253 e. The molecule has 1 atom stereocenters. The molecule has 26 heavy (non-hydrogen) atoms. The first kappa shape index (κ1) is 16.8. The Bertz CT molecular complexity index is 962. The topological polar surface area (TPSA) is 41.4 Å². The van der Waals surface area contributed by atoms with E-state index < -0.39 is 0 Å². The van der Waals surface area contributed by atoms with Crippen molar-refractivity contribution in [3.63, 3.8) is 0 Å². The Morgan fingerprint density at radius 2 is 1.96 bits per heavy atom. The standard InChI is InChI=1S/C21H24N4O/c1-23-12-17-7-5-4-6-15(17)10-18(23)13-24(2)21(26)16-8-9-20-19(11-16)22-14-25(20)3/h4-9,11,14,18H,10,12-13H2,1-3H3. The summed E-state index contributed by atoms with van der Waals surface area (Å²) in [5, 5.41) is 0. The summed E-state index contributed by atoms with van der Waals surface area (Å²) in [5.41, 5.74) is 5.37. The van der Waals surface area contributed by atoms with Gasteiger partial charge in [0.25, 0.3) is 5.91 Å². The highest BCUT2D eigenvalue weighted by molar-refractivity contribution is 5.97. The number of nitrogens with zero attached hydrogens (tertiary/aromatic N) is 4. The number of aryl methyl sites for hydroxylation is 1. The number of fused-ring (bicyclic) bond motifs is 2. The van der Waals surface area contributed by atoms with Gasteiger partial charge in [0.2, 0.25) is 0 Å². The first-order valence-corrected chi connectivity index (χ1v) is 8.96. The summed E-state index contributed by atoms with van der Waals surface area (Å²) in [6, 6.07) is 14.7. The second-order valence-electron chi connectivity index (χ2n) is 7.29. The molecule has 1 amide bonds. The summed E-state index contributed by atoms with van der Waals surface area (Å²) in [7, 11) is 5.98. The normalized spacial score (nSPS) is 17.3. The van der Waals surface area contributed by atoms with Gasteiger partial charge in [-0.3, -0.25) is 9.69 Å². The zero-order valence-electron chi connectivity index (χ0n) is 15.5. The summed E-state index contributed by atoms with van der Waals surface area (Å²) in [5.74, 6) is 0.0461. The average molecular weight is 348 g/mol. The average Bonchev–Trinajstić information content (AvgIpc) is 3.02. The molecule has 1 aliphatic heterocycles. The molecule has 1 unspecified atom stereocenters. The molecule has 0 spiro atoms. The fourth-order valence-corrected chi connectivity index (χ4v) is 3.81. The number of hydrogen-bond acceptors (Lipinski definition) is 3. The van der Waals surface area contributed by atoms with Crippen LogP contribution in [0.3, 0.4) is 0 Å². The minimum absolute atomic E-state index is 0.0461. The van der Waals surface area contributed by atoms with Crippen LogP contribution in [0.2, 0.25) is 0 Å². The number of likely N-dealkylation sites (N-methyl/N-ethyl adjacent to an activating group) is 2. The van der Waals surface area contributed by atoms with Crippen molar-refractivity contribution in [2.75, 3.05) is 20.6 Å². The summed E-state index contributed by atoms with van der Waals surface area (Å²) < 4.78 is 1.96. The maximum atomic E-state index is 12.9. The van der Waals surface area contributed by atoms with E-state index in [2.05, 4.69) is 41.2 Å². The van der Waals surface area contributed by atoms with Crippen LogP contribution in [-0.2, 0) is 20.0 Å². The van der Waals surface area contributed by atoms with Gasteiger partial charge in [0.15, 0.2) is 0 Å². The molecule has 4 rings (SSSR count). The van der Waals surface area contributed by atoms with Gasteiger partial charge in [-0.15, -0.1) is 0 Å². The van der Waals surface area contributed by atoms with Gasteiger partial charge < -0.3 is 9.47 Å². The van der Waals surface area contributed by atoms with Crippen LogP contribution in [0.15, 0.2) is 48.8 Å². The fraction of sp³-hybridized carbons (Fsp3) is 0.333. The lowest BCUT2D eigenvalue weighted by molar-refractivity contribution is 0.0733. The first-order chi connectivity index (χ1) is 12.5. The van der Waals surface area contributed by atoms with Crippen LogP contribution in [0.25, 0.3) is 11.0 Å². The van der Waals surface area contributed by atoms with Crippen LogP contribution in [0, 0.1) is 0 Å². The van der Waals surface area contributed by atoms with E-state index >= 15 is 0 Å². The largest absolute Gasteiger partial charge is 0.340 e. The predicted molar refractivity (Wildman–Crippen MR) is 103 cm³/mol. The van der Waals surface area contributed by atoms with Crippen LogP contribution < -0.4 is 0 Å². The van der Waals surface area contributed by atoms with Gasteiger partial charge in [0.1, 0.15) is 0 Å². The Hall–Kier alpha value is -2.66. The van der Waals surface area contributed by atoms with E-state index in [1.54, 1.807) is 6.33 Å². The molecule has 5 heteroatoms. The molecule has 2 aromatic carbocycles. The third kappa shape index (κ3) is 2.99. The van der Waals surface area contributed by atoms with Gasteiger partial charge in [-0.2, -0.15) is 0 Å². The second-order valence-corrected chi connectivity index (χ2v) is 7.29. The number of rotatable bonds is 3. The lowest BCUT2D eigenvalue weighted by Crippen LogP contribution is -2.46. The van der Waals surface area contributed by atoms with Crippen LogP contribution >= 0.6 is 0 Å². The van der Waals surface area contributed by atoms with Crippen molar-refractivity contribution in [2.24, 2.45) is 7.05 Å². The van der Waals surface area contributed by atoms with E-state index in [0.717, 1.165) is 24.0 Å². The van der Waals surface area contributed by atoms with Crippen LogP contribution in [-0.4, -0.2) is 51.9 Å². The predicted octanol–water partition coefficient (Wildman–Crippen LogP) is 2.70. The van der Waals surface area contributed by atoms with Crippen molar-refractivity contribution in [1.82, 2.24) is 19.4 Å². The summed E-state index contributed by atoms with van der Waals surface area (Å²) in [6.07, 6.45) is 2.75. The minimum atomic E-state index is 0.0461. The molecule has 0 saturated heterocycles. The third-order valence-electron chi connectivity index (χ3n) is 5.42. The zero-order valence-corrected chi connectivity index (χ0v) is 15.5. The smallest absolute Gasteiger partial charge is 0.253 e. The SMILES string of the molecule is CN(CC1Cc2ccccc2CN1C)C(=O)c1ccc2c(c1)ncn2C. The van der Waals surface area contributed by atoms with Crippen molar-refractivity contribution in [2.45, 2.75) is 19.0 Å². The Kier molecular flexibility index (Phi) is 4.24. The summed E-state index contributed by atoms with van der Waals surface area (Å²) >= 11 is 0. The van der Waals surface area contributed by atoms with Crippen LogP contribution in [0.4, 0.5) is 0 Å². The fourth-order valence-electron chi connectivity index (χ4n) is 3.81. The van der Waals surface area contributed by atoms with Gasteiger partial charge in [0.05, 0.1) is 17.4 Å². The van der Waals surface area contributed by atoms with E-state index in [4.69, 9.17) is 0 Å². The molecule has 3 aromatic rings.